The molecule has 0 radical (unpaired) electrons. The van der Waals surface area contributed by atoms with Crippen LogP contribution in [0.2, 0.25) is 0 Å². The summed E-state index contributed by atoms with van der Waals surface area (Å²) >= 11 is 0. The predicted octanol–water partition coefficient (Wildman–Crippen LogP) is 3.95. The van der Waals surface area contributed by atoms with E-state index in [1.807, 2.05) is 13.1 Å². The van der Waals surface area contributed by atoms with Crippen LogP contribution in [0.25, 0.3) is 0 Å². The highest BCUT2D eigenvalue weighted by molar-refractivity contribution is 5.45. The molecule has 0 atom stereocenters. The zero-order valence-corrected chi connectivity index (χ0v) is 14.9. The van der Waals surface area contributed by atoms with Gasteiger partial charge in [-0.3, -0.25) is 9.88 Å². The molecule has 23 heavy (non-hydrogen) atoms. The third-order valence-electron chi connectivity index (χ3n) is 5.94. The highest BCUT2D eigenvalue weighted by Crippen LogP contribution is 2.44. The largest absolute Gasteiger partial charge is 0.495 e. The maximum Gasteiger partial charge on any atom is 0.148 e. The van der Waals surface area contributed by atoms with E-state index in [9.17, 15) is 0 Å². The van der Waals surface area contributed by atoms with Crippen LogP contribution < -0.4 is 9.47 Å². The molecule has 1 aliphatic heterocycles. The molecule has 1 aromatic rings. The van der Waals surface area contributed by atoms with Crippen LogP contribution in [0.1, 0.15) is 56.2 Å². The summed E-state index contributed by atoms with van der Waals surface area (Å²) in [5.41, 5.74) is 2.73. The summed E-state index contributed by atoms with van der Waals surface area (Å²) in [7, 11) is 3.40. The van der Waals surface area contributed by atoms with E-state index in [4.69, 9.17) is 9.47 Å². The van der Waals surface area contributed by atoms with Crippen molar-refractivity contribution in [2.24, 2.45) is 5.41 Å². The van der Waals surface area contributed by atoms with Crippen LogP contribution in [-0.2, 0) is 6.54 Å². The molecule has 1 saturated heterocycles. The van der Waals surface area contributed by atoms with Gasteiger partial charge >= 0.3 is 0 Å². The van der Waals surface area contributed by atoms with Crippen molar-refractivity contribution in [3.05, 3.63) is 17.5 Å². The van der Waals surface area contributed by atoms with Gasteiger partial charge in [-0.05, 0) is 51.1 Å². The summed E-state index contributed by atoms with van der Waals surface area (Å²) in [6.07, 6.45) is 11.7. The van der Waals surface area contributed by atoms with Crippen molar-refractivity contribution in [3.63, 3.8) is 0 Å². The summed E-state index contributed by atoms with van der Waals surface area (Å²) in [4.78, 5) is 7.13. The van der Waals surface area contributed by atoms with E-state index in [-0.39, 0.29) is 0 Å². The minimum atomic E-state index is 0.655. The Morgan fingerprint density at radius 2 is 1.74 bits per heavy atom. The highest BCUT2D eigenvalue weighted by Gasteiger charge is 2.35. The number of likely N-dealkylation sites (tertiary alicyclic amines) is 1. The Morgan fingerprint density at radius 1 is 1.04 bits per heavy atom. The SMILES string of the molecule is COc1cnc(CN2CCC3(CCCCC3)CC2)c(OC)c1C. The Labute approximate surface area is 140 Å². The minimum Gasteiger partial charge on any atom is -0.495 e. The van der Waals surface area contributed by atoms with E-state index >= 15 is 0 Å². The van der Waals surface area contributed by atoms with Gasteiger partial charge in [0.25, 0.3) is 0 Å². The van der Waals surface area contributed by atoms with Crippen molar-refractivity contribution in [2.45, 2.75) is 58.4 Å². The van der Waals surface area contributed by atoms with Gasteiger partial charge in [0.2, 0.25) is 0 Å². The van der Waals surface area contributed by atoms with E-state index in [0.717, 1.165) is 29.3 Å². The first kappa shape index (κ1) is 16.6. The zero-order chi connectivity index (χ0) is 16.3. The minimum absolute atomic E-state index is 0.655. The molecule has 2 heterocycles. The standard InChI is InChI=1S/C19H30N2O2/c1-15-17(22-2)13-20-16(18(15)23-3)14-21-11-9-19(10-12-21)7-5-4-6-8-19/h13H,4-12,14H2,1-3H3. The molecule has 0 aromatic carbocycles. The van der Waals surface area contributed by atoms with Crippen LogP contribution >= 0.6 is 0 Å². The van der Waals surface area contributed by atoms with E-state index in [0.29, 0.717) is 5.41 Å². The molecule has 0 N–H and O–H groups in total. The third-order valence-corrected chi connectivity index (χ3v) is 5.94. The number of ether oxygens (including phenoxy) is 2. The first-order valence-corrected chi connectivity index (χ1v) is 8.96. The fourth-order valence-corrected chi connectivity index (χ4v) is 4.41. The molecule has 1 spiro atoms. The van der Waals surface area contributed by atoms with E-state index in [1.54, 1.807) is 14.2 Å². The highest BCUT2D eigenvalue weighted by atomic mass is 16.5. The average molecular weight is 318 g/mol. The number of hydrogen-bond donors (Lipinski definition) is 0. The summed E-state index contributed by atoms with van der Waals surface area (Å²) < 4.78 is 11.0. The first-order chi connectivity index (χ1) is 11.2. The third kappa shape index (κ3) is 3.47. The van der Waals surface area contributed by atoms with Crippen molar-refractivity contribution in [1.29, 1.82) is 0 Å². The molecule has 2 fully saturated rings. The number of pyridine rings is 1. The fraction of sp³-hybridized carbons (Fsp3) is 0.737. The van der Waals surface area contributed by atoms with Crippen LogP contribution in [0, 0.1) is 12.3 Å². The van der Waals surface area contributed by atoms with Gasteiger partial charge in [-0.2, -0.15) is 0 Å². The second-order valence-electron chi connectivity index (χ2n) is 7.27. The summed E-state index contributed by atoms with van der Waals surface area (Å²) in [5.74, 6) is 1.67. The molecule has 0 amide bonds. The molecule has 0 unspecified atom stereocenters. The lowest BCUT2D eigenvalue weighted by molar-refractivity contribution is 0.0631. The Bertz CT molecular complexity index is 528. The summed E-state index contributed by atoms with van der Waals surface area (Å²) in [6.45, 7) is 5.30. The van der Waals surface area contributed by atoms with Gasteiger partial charge < -0.3 is 9.47 Å². The molecule has 3 rings (SSSR count). The van der Waals surface area contributed by atoms with Crippen molar-refractivity contribution in [1.82, 2.24) is 9.88 Å². The lowest BCUT2D eigenvalue weighted by atomic mass is 9.68. The number of aromatic nitrogens is 1. The summed E-state index contributed by atoms with van der Waals surface area (Å²) in [6, 6.07) is 0. The first-order valence-electron chi connectivity index (χ1n) is 8.96. The van der Waals surface area contributed by atoms with Crippen LogP contribution in [0.5, 0.6) is 11.5 Å². The van der Waals surface area contributed by atoms with Crippen LogP contribution in [0.15, 0.2) is 6.20 Å². The van der Waals surface area contributed by atoms with Gasteiger partial charge in [-0.15, -0.1) is 0 Å². The van der Waals surface area contributed by atoms with Crippen molar-refractivity contribution in [3.8, 4) is 11.5 Å². The van der Waals surface area contributed by atoms with E-state index < -0.39 is 0 Å². The lowest BCUT2D eigenvalue weighted by Gasteiger charge is -2.44. The van der Waals surface area contributed by atoms with Crippen molar-refractivity contribution >= 4 is 0 Å². The van der Waals surface area contributed by atoms with Gasteiger partial charge in [0.05, 0.1) is 26.1 Å². The molecule has 2 aliphatic rings. The smallest absolute Gasteiger partial charge is 0.148 e. The molecule has 0 bridgehead atoms. The van der Waals surface area contributed by atoms with Gasteiger partial charge in [-0.25, -0.2) is 0 Å². The van der Waals surface area contributed by atoms with Crippen LogP contribution in [0.3, 0.4) is 0 Å². The Morgan fingerprint density at radius 3 is 2.35 bits per heavy atom. The van der Waals surface area contributed by atoms with E-state index in [1.165, 1.54) is 58.0 Å². The maximum atomic E-state index is 5.60. The Hall–Kier alpha value is -1.29. The number of piperidine rings is 1. The average Bonchev–Trinajstić information content (AvgIpc) is 2.58. The molecule has 1 saturated carbocycles. The van der Waals surface area contributed by atoms with Gasteiger partial charge in [0.15, 0.2) is 0 Å². The number of methoxy groups -OCH3 is 2. The number of nitrogens with zero attached hydrogens (tertiary/aromatic N) is 2. The summed E-state index contributed by atoms with van der Waals surface area (Å²) in [5, 5.41) is 0. The normalized spacial score (nSPS) is 21.3. The van der Waals surface area contributed by atoms with Crippen molar-refractivity contribution < 1.29 is 9.47 Å². The van der Waals surface area contributed by atoms with Gasteiger partial charge in [0.1, 0.15) is 11.5 Å². The molecular weight excluding hydrogens is 288 g/mol. The fourth-order valence-electron chi connectivity index (χ4n) is 4.41. The molecule has 128 valence electrons. The van der Waals surface area contributed by atoms with Crippen LogP contribution in [-0.4, -0.2) is 37.2 Å². The monoisotopic (exact) mass is 318 g/mol. The van der Waals surface area contributed by atoms with Gasteiger partial charge in [-0.1, -0.05) is 19.3 Å². The predicted molar refractivity (Wildman–Crippen MR) is 92.1 cm³/mol. The topological polar surface area (TPSA) is 34.6 Å². The second-order valence-corrected chi connectivity index (χ2v) is 7.27. The molecule has 1 aromatic heterocycles. The number of hydrogen-bond acceptors (Lipinski definition) is 4. The zero-order valence-electron chi connectivity index (χ0n) is 14.9. The maximum absolute atomic E-state index is 5.60. The second kappa shape index (κ2) is 7.08. The van der Waals surface area contributed by atoms with Gasteiger partial charge in [0, 0.05) is 12.1 Å². The van der Waals surface area contributed by atoms with Crippen LogP contribution in [0.4, 0.5) is 0 Å². The molecular formula is C19H30N2O2. The quantitative estimate of drug-likeness (QED) is 0.842. The number of rotatable bonds is 4. The van der Waals surface area contributed by atoms with Crippen molar-refractivity contribution in [2.75, 3.05) is 27.3 Å². The Balaban J connectivity index is 1.65. The lowest BCUT2D eigenvalue weighted by Crippen LogP contribution is -2.40. The van der Waals surface area contributed by atoms with E-state index in [2.05, 4.69) is 9.88 Å². The Kier molecular flexibility index (Phi) is 5.10. The molecule has 4 nitrogen and oxygen atoms in total. The molecule has 4 heteroatoms. The molecule has 1 aliphatic carbocycles.